The molecule has 1 aliphatic rings. The topological polar surface area (TPSA) is 20.3 Å². The summed E-state index contributed by atoms with van der Waals surface area (Å²) < 4.78 is 1.86. The molecular formula is C7H13NOS. The molecule has 1 fully saturated rings. The highest BCUT2D eigenvalue weighted by atomic mass is 32.2. The summed E-state index contributed by atoms with van der Waals surface area (Å²) in [5.41, 5.74) is 0. The van der Waals surface area contributed by atoms with Gasteiger partial charge in [0, 0.05) is 18.2 Å². The number of hydrogen-bond acceptors (Lipinski definition) is 2. The fourth-order valence-corrected chi connectivity index (χ4v) is 1.69. The average Bonchev–Trinajstić information content (AvgIpc) is 1.96. The minimum absolute atomic E-state index is 0.297. The van der Waals surface area contributed by atoms with Gasteiger partial charge in [-0.05, 0) is 18.4 Å². The Labute approximate surface area is 66.1 Å². The Hall–Kier alpha value is -0.180. The Morgan fingerprint density at radius 2 is 2.50 bits per heavy atom. The monoisotopic (exact) mass is 159 g/mol. The maximum Gasteiger partial charge on any atom is 0.234 e. The molecule has 3 heteroatoms. The van der Waals surface area contributed by atoms with Gasteiger partial charge in [0.05, 0.1) is 0 Å². The predicted octanol–water partition coefficient (Wildman–Crippen LogP) is 1.67. The van der Waals surface area contributed by atoms with Crippen LogP contribution in [0.3, 0.4) is 0 Å². The largest absolute Gasteiger partial charge is 0.286 e. The molecule has 0 radical (unpaired) electrons. The first-order valence-corrected chi connectivity index (χ1v) is 4.55. The number of rotatable bonds is 3. The van der Waals surface area contributed by atoms with Crippen molar-refractivity contribution in [3.05, 3.63) is 0 Å². The molecular weight excluding hydrogens is 146 g/mol. The Bertz CT molecular complexity index is 138. The molecule has 1 aliphatic heterocycles. The molecule has 1 rings (SSSR count). The lowest BCUT2D eigenvalue weighted by Gasteiger charge is -2.31. The number of carbonyl (C=O) groups excluding carboxylic acids is 1. The first-order chi connectivity index (χ1) is 4.74. The summed E-state index contributed by atoms with van der Waals surface area (Å²) in [6.07, 6.45) is 1.89. The van der Waals surface area contributed by atoms with Gasteiger partial charge in [0.25, 0.3) is 0 Å². The summed E-state index contributed by atoms with van der Waals surface area (Å²) in [4.78, 5) is 10.8. The van der Waals surface area contributed by atoms with Gasteiger partial charge in [-0.3, -0.25) is 9.10 Å². The minimum atomic E-state index is 0.297. The standard InChI is InChI=1S/C7H13NOS/c1-3-6(2)10-8-5-4-7(8)9/h6H,3-5H2,1-2H3. The lowest BCUT2D eigenvalue weighted by molar-refractivity contribution is -0.132. The number of β-lactam (4-membered cyclic amide) rings is 1. The van der Waals surface area contributed by atoms with Crippen LogP contribution in [0.15, 0.2) is 0 Å². The van der Waals surface area contributed by atoms with Crippen LogP contribution < -0.4 is 0 Å². The lowest BCUT2D eigenvalue weighted by atomic mass is 10.3. The van der Waals surface area contributed by atoms with E-state index in [2.05, 4.69) is 13.8 Å². The van der Waals surface area contributed by atoms with Crippen LogP contribution in [0.5, 0.6) is 0 Å². The SMILES string of the molecule is CCC(C)SN1CCC1=O. The third-order valence-electron chi connectivity index (χ3n) is 1.69. The predicted molar refractivity (Wildman–Crippen MR) is 43.7 cm³/mol. The summed E-state index contributed by atoms with van der Waals surface area (Å²) in [5, 5.41) is 0.587. The zero-order chi connectivity index (χ0) is 7.56. The quantitative estimate of drug-likeness (QED) is 0.461. The van der Waals surface area contributed by atoms with Gasteiger partial charge in [-0.2, -0.15) is 0 Å². The molecule has 0 spiro atoms. The highest BCUT2D eigenvalue weighted by molar-refractivity contribution is 7.98. The molecule has 1 unspecified atom stereocenters. The molecule has 0 aromatic heterocycles. The highest BCUT2D eigenvalue weighted by Gasteiger charge is 2.25. The molecule has 10 heavy (non-hydrogen) atoms. The normalized spacial score (nSPS) is 20.6. The first kappa shape index (κ1) is 7.92. The maximum absolute atomic E-state index is 10.8. The molecule has 1 saturated heterocycles. The molecule has 0 bridgehead atoms. The molecule has 2 nitrogen and oxygen atoms in total. The molecule has 0 saturated carbocycles. The first-order valence-electron chi connectivity index (χ1n) is 3.71. The second-order valence-corrected chi connectivity index (χ2v) is 4.03. The third-order valence-corrected chi connectivity index (χ3v) is 3.02. The molecule has 1 atom stereocenters. The molecule has 0 aromatic carbocycles. The van der Waals surface area contributed by atoms with Gasteiger partial charge in [-0.1, -0.05) is 13.8 Å². The average molecular weight is 159 g/mol. The zero-order valence-corrected chi connectivity index (χ0v) is 7.28. The number of carbonyl (C=O) groups is 1. The van der Waals surface area contributed by atoms with E-state index < -0.39 is 0 Å². The van der Waals surface area contributed by atoms with Crippen molar-refractivity contribution in [3.8, 4) is 0 Å². The van der Waals surface area contributed by atoms with E-state index in [-0.39, 0.29) is 0 Å². The van der Waals surface area contributed by atoms with Crippen LogP contribution in [-0.4, -0.2) is 22.0 Å². The van der Waals surface area contributed by atoms with Crippen LogP contribution >= 0.6 is 11.9 Å². The van der Waals surface area contributed by atoms with Gasteiger partial charge in [0.1, 0.15) is 0 Å². The van der Waals surface area contributed by atoms with Gasteiger partial charge in [0.15, 0.2) is 0 Å². The van der Waals surface area contributed by atoms with Crippen molar-refractivity contribution >= 4 is 17.9 Å². The lowest BCUT2D eigenvalue weighted by Crippen LogP contribution is -2.38. The van der Waals surface area contributed by atoms with E-state index in [1.165, 1.54) is 0 Å². The third kappa shape index (κ3) is 1.66. The Morgan fingerprint density at radius 3 is 2.80 bits per heavy atom. The number of hydrogen-bond donors (Lipinski definition) is 0. The van der Waals surface area contributed by atoms with E-state index in [1.54, 1.807) is 11.9 Å². The van der Waals surface area contributed by atoms with E-state index >= 15 is 0 Å². The van der Waals surface area contributed by atoms with Crippen LogP contribution in [0.25, 0.3) is 0 Å². The molecule has 1 heterocycles. The summed E-state index contributed by atoms with van der Waals surface area (Å²) in [5.74, 6) is 0.297. The Morgan fingerprint density at radius 1 is 1.80 bits per heavy atom. The van der Waals surface area contributed by atoms with E-state index in [0.29, 0.717) is 11.2 Å². The van der Waals surface area contributed by atoms with Crippen LogP contribution in [-0.2, 0) is 4.79 Å². The van der Waals surface area contributed by atoms with Gasteiger partial charge >= 0.3 is 0 Å². The van der Waals surface area contributed by atoms with Crippen LogP contribution in [0, 0.1) is 0 Å². The summed E-state index contributed by atoms with van der Waals surface area (Å²) >= 11 is 1.68. The summed E-state index contributed by atoms with van der Waals surface area (Å²) in [6, 6.07) is 0. The van der Waals surface area contributed by atoms with Gasteiger partial charge < -0.3 is 0 Å². The van der Waals surface area contributed by atoms with Crippen molar-refractivity contribution < 1.29 is 4.79 Å². The minimum Gasteiger partial charge on any atom is -0.286 e. The van der Waals surface area contributed by atoms with Crippen molar-refractivity contribution in [1.29, 1.82) is 0 Å². The van der Waals surface area contributed by atoms with E-state index in [4.69, 9.17) is 0 Å². The van der Waals surface area contributed by atoms with Gasteiger partial charge in [-0.15, -0.1) is 0 Å². The van der Waals surface area contributed by atoms with Gasteiger partial charge in [0.2, 0.25) is 5.91 Å². The van der Waals surface area contributed by atoms with Crippen LogP contribution in [0.2, 0.25) is 0 Å². The zero-order valence-electron chi connectivity index (χ0n) is 6.46. The highest BCUT2D eigenvalue weighted by Crippen LogP contribution is 2.25. The molecule has 1 amide bonds. The fourth-order valence-electron chi connectivity index (χ4n) is 0.698. The second-order valence-electron chi connectivity index (χ2n) is 2.57. The van der Waals surface area contributed by atoms with Gasteiger partial charge in [-0.25, -0.2) is 0 Å². The van der Waals surface area contributed by atoms with E-state index in [1.807, 2.05) is 4.31 Å². The van der Waals surface area contributed by atoms with Crippen molar-refractivity contribution in [2.24, 2.45) is 0 Å². The van der Waals surface area contributed by atoms with Crippen molar-refractivity contribution in [2.45, 2.75) is 31.9 Å². The molecule has 0 N–H and O–H groups in total. The van der Waals surface area contributed by atoms with E-state index in [9.17, 15) is 4.79 Å². The van der Waals surface area contributed by atoms with Crippen LogP contribution in [0.1, 0.15) is 26.7 Å². The Balaban J connectivity index is 2.19. The molecule has 0 aromatic rings. The smallest absolute Gasteiger partial charge is 0.234 e. The molecule has 58 valence electrons. The maximum atomic E-state index is 10.8. The van der Waals surface area contributed by atoms with Crippen LogP contribution in [0.4, 0.5) is 0 Å². The summed E-state index contributed by atoms with van der Waals surface area (Å²) in [7, 11) is 0. The summed E-state index contributed by atoms with van der Waals surface area (Å²) in [6.45, 7) is 5.24. The second kappa shape index (κ2) is 3.28. The fraction of sp³-hybridized carbons (Fsp3) is 0.857. The van der Waals surface area contributed by atoms with Crippen molar-refractivity contribution in [1.82, 2.24) is 4.31 Å². The number of amides is 1. The van der Waals surface area contributed by atoms with E-state index in [0.717, 1.165) is 19.4 Å². The van der Waals surface area contributed by atoms with Crippen molar-refractivity contribution in [3.63, 3.8) is 0 Å². The Kier molecular flexibility index (Phi) is 2.60. The molecule has 0 aliphatic carbocycles. The number of nitrogens with zero attached hydrogens (tertiary/aromatic N) is 1. The van der Waals surface area contributed by atoms with Crippen molar-refractivity contribution in [2.75, 3.05) is 6.54 Å².